The van der Waals surface area contributed by atoms with Crippen LogP contribution in [0.25, 0.3) is 0 Å². The molecule has 13 nitrogen and oxygen atoms in total. The lowest BCUT2D eigenvalue weighted by Crippen LogP contribution is -2.33. The van der Waals surface area contributed by atoms with Gasteiger partial charge < -0.3 is 45.6 Å². The number of aliphatic hydroxyl groups excluding tert-OH is 4. The SMILES string of the molecule is CC(=O)O.CC(=O)O.CC(=O)O.CC(=O)O.OC[C@H]1OC(O)[C@H](O)[C@@H]1O. The van der Waals surface area contributed by atoms with Gasteiger partial charge in [-0.3, -0.25) is 19.2 Å². The zero-order valence-corrected chi connectivity index (χ0v) is 14.6. The monoisotopic (exact) mass is 390 g/mol. The zero-order chi connectivity index (χ0) is 22.0. The average molecular weight is 390 g/mol. The molecule has 0 amide bonds. The summed E-state index contributed by atoms with van der Waals surface area (Å²) in [5, 5.41) is 64.6. The molecule has 4 atom stereocenters. The minimum Gasteiger partial charge on any atom is -0.481 e. The lowest BCUT2D eigenvalue weighted by molar-refractivity contribution is -0.135. The molecule has 0 aromatic heterocycles. The molecule has 156 valence electrons. The first-order valence-electron chi connectivity index (χ1n) is 6.68. The van der Waals surface area contributed by atoms with E-state index in [9.17, 15) is 0 Å². The first-order valence-corrected chi connectivity index (χ1v) is 6.68. The smallest absolute Gasteiger partial charge is 0.300 e. The second-order valence-electron chi connectivity index (χ2n) is 4.30. The van der Waals surface area contributed by atoms with Crippen LogP contribution in [-0.2, 0) is 23.9 Å². The molecular weight excluding hydrogens is 364 g/mol. The molecule has 0 aliphatic carbocycles. The van der Waals surface area contributed by atoms with E-state index in [1.807, 2.05) is 0 Å². The summed E-state index contributed by atoms with van der Waals surface area (Å²) >= 11 is 0. The molecule has 1 aliphatic rings. The maximum Gasteiger partial charge on any atom is 0.300 e. The van der Waals surface area contributed by atoms with Crippen molar-refractivity contribution in [2.75, 3.05) is 6.61 Å². The highest BCUT2D eigenvalue weighted by Crippen LogP contribution is 2.18. The minimum atomic E-state index is -1.38. The summed E-state index contributed by atoms with van der Waals surface area (Å²) in [5.74, 6) is -3.33. The van der Waals surface area contributed by atoms with E-state index >= 15 is 0 Å². The van der Waals surface area contributed by atoms with Crippen LogP contribution < -0.4 is 0 Å². The van der Waals surface area contributed by atoms with Gasteiger partial charge in [-0.15, -0.1) is 0 Å². The van der Waals surface area contributed by atoms with Crippen molar-refractivity contribution in [3.63, 3.8) is 0 Å². The van der Waals surface area contributed by atoms with E-state index < -0.39 is 55.1 Å². The second kappa shape index (κ2) is 19.0. The van der Waals surface area contributed by atoms with Crippen LogP contribution in [0.1, 0.15) is 27.7 Å². The number of aliphatic carboxylic acids is 4. The van der Waals surface area contributed by atoms with Crippen molar-refractivity contribution < 1.29 is 64.8 Å². The molecule has 0 radical (unpaired) electrons. The Balaban J connectivity index is -0.000000129. The van der Waals surface area contributed by atoms with Gasteiger partial charge in [-0.1, -0.05) is 0 Å². The second-order valence-corrected chi connectivity index (χ2v) is 4.30. The Morgan fingerprint density at radius 1 is 0.692 bits per heavy atom. The predicted octanol–water partition coefficient (Wildman–Crippen LogP) is -2.22. The highest BCUT2D eigenvalue weighted by Gasteiger charge is 2.41. The molecule has 1 heterocycles. The summed E-state index contributed by atoms with van der Waals surface area (Å²) in [7, 11) is 0. The molecule has 0 saturated carbocycles. The summed E-state index contributed by atoms with van der Waals surface area (Å²) in [5.41, 5.74) is 0. The molecular formula is C13H26O13. The number of carbonyl (C=O) groups is 4. The zero-order valence-electron chi connectivity index (χ0n) is 14.6. The highest BCUT2D eigenvalue weighted by atomic mass is 16.6. The van der Waals surface area contributed by atoms with Gasteiger partial charge in [-0.2, -0.15) is 0 Å². The number of ether oxygens (including phenoxy) is 1. The molecule has 1 rings (SSSR count). The molecule has 0 bridgehead atoms. The Labute approximate surface area is 148 Å². The van der Waals surface area contributed by atoms with Gasteiger partial charge >= 0.3 is 0 Å². The van der Waals surface area contributed by atoms with Crippen molar-refractivity contribution >= 4 is 23.9 Å². The fourth-order valence-electron chi connectivity index (χ4n) is 0.880. The lowest BCUT2D eigenvalue weighted by atomic mass is 10.1. The van der Waals surface area contributed by atoms with E-state index in [1.165, 1.54) is 0 Å². The molecule has 8 N–H and O–H groups in total. The van der Waals surface area contributed by atoms with Crippen LogP contribution in [0.5, 0.6) is 0 Å². The van der Waals surface area contributed by atoms with Crippen LogP contribution in [0.2, 0.25) is 0 Å². The summed E-state index contributed by atoms with van der Waals surface area (Å²) in [6, 6.07) is 0. The quantitative estimate of drug-likeness (QED) is 0.237. The molecule has 0 aromatic carbocycles. The third-order valence-corrected chi connectivity index (χ3v) is 1.52. The molecule has 0 aromatic rings. The van der Waals surface area contributed by atoms with Crippen LogP contribution in [-0.4, -0.2) is 95.9 Å². The van der Waals surface area contributed by atoms with Crippen molar-refractivity contribution in [2.24, 2.45) is 0 Å². The van der Waals surface area contributed by atoms with E-state index in [2.05, 4.69) is 4.74 Å². The van der Waals surface area contributed by atoms with Gasteiger partial charge in [0.2, 0.25) is 0 Å². The van der Waals surface area contributed by atoms with Gasteiger partial charge in [-0.25, -0.2) is 0 Å². The van der Waals surface area contributed by atoms with Gasteiger partial charge in [-0.05, 0) is 0 Å². The number of hydrogen-bond acceptors (Lipinski definition) is 9. The van der Waals surface area contributed by atoms with Crippen molar-refractivity contribution in [1.82, 2.24) is 0 Å². The number of carboxylic acid groups (broad SMARTS) is 4. The van der Waals surface area contributed by atoms with Crippen molar-refractivity contribution in [3.8, 4) is 0 Å². The number of hydrogen-bond donors (Lipinski definition) is 8. The summed E-state index contributed by atoms with van der Waals surface area (Å²) in [6.07, 6.45) is -4.76. The largest absolute Gasteiger partial charge is 0.481 e. The van der Waals surface area contributed by atoms with Crippen molar-refractivity contribution in [2.45, 2.75) is 52.3 Å². The normalized spacial score (nSPS) is 22.3. The van der Waals surface area contributed by atoms with Crippen LogP contribution in [0.3, 0.4) is 0 Å². The fourth-order valence-corrected chi connectivity index (χ4v) is 0.880. The molecule has 1 aliphatic heterocycles. The Kier molecular flexibility index (Phi) is 23.0. The lowest BCUT2D eigenvalue weighted by Gasteiger charge is -2.09. The third-order valence-electron chi connectivity index (χ3n) is 1.52. The summed E-state index contributed by atoms with van der Waals surface area (Å²) < 4.78 is 4.54. The average Bonchev–Trinajstić information content (AvgIpc) is 2.63. The Bertz CT molecular complexity index is 345. The van der Waals surface area contributed by atoms with E-state index in [-0.39, 0.29) is 0 Å². The first-order chi connectivity index (χ1) is 11.6. The number of rotatable bonds is 1. The fraction of sp³-hybridized carbons (Fsp3) is 0.692. The van der Waals surface area contributed by atoms with Gasteiger partial charge in [0.1, 0.15) is 18.3 Å². The number of aliphatic hydroxyl groups is 4. The number of carboxylic acids is 4. The summed E-state index contributed by atoms with van der Waals surface area (Å²) in [4.78, 5) is 36.0. The van der Waals surface area contributed by atoms with Crippen molar-refractivity contribution in [1.29, 1.82) is 0 Å². The predicted molar refractivity (Wildman–Crippen MR) is 83.2 cm³/mol. The molecule has 13 heteroatoms. The van der Waals surface area contributed by atoms with Crippen LogP contribution >= 0.6 is 0 Å². The van der Waals surface area contributed by atoms with Gasteiger partial charge in [0.05, 0.1) is 6.61 Å². The molecule has 1 fully saturated rings. The topological polar surface area (TPSA) is 239 Å². The van der Waals surface area contributed by atoms with Gasteiger partial charge in [0, 0.05) is 27.7 Å². The summed E-state index contributed by atoms with van der Waals surface area (Å²) in [6.45, 7) is 3.93. The highest BCUT2D eigenvalue weighted by molar-refractivity contribution is 5.63. The van der Waals surface area contributed by atoms with E-state index in [0.29, 0.717) is 0 Å². The van der Waals surface area contributed by atoms with Gasteiger partial charge in [0.15, 0.2) is 6.29 Å². The molecule has 0 spiro atoms. The Morgan fingerprint density at radius 3 is 1.00 bits per heavy atom. The van der Waals surface area contributed by atoms with E-state index in [0.717, 1.165) is 27.7 Å². The molecule has 1 unspecified atom stereocenters. The Hall–Kier alpha value is -2.32. The molecule has 26 heavy (non-hydrogen) atoms. The van der Waals surface area contributed by atoms with E-state index in [1.54, 1.807) is 0 Å². The van der Waals surface area contributed by atoms with Crippen molar-refractivity contribution in [3.05, 3.63) is 0 Å². The minimum absolute atomic E-state index is 0.407. The maximum absolute atomic E-state index is 9.00. The van der Waals surface area contributed by atoms with Crippen LogP contribution in [0.4, 0.5) is 0 Å². The van der Waals surface area contributed by atoms with Crippen LogP contribution in [0.15, 0.2) is 0 Å². The first kappa shape index (κ1) is 31.4. The van der Waals surface area contributed by atoms with Gasteiger partial charge in [0.25, 0.3) is 23.9 Å². The third kappa shape index (κ3) is 37.7. The molecule has 1 saturated heterocycles. The standard InChI is InChI=1S/C5H10O5.4C2H4O2/c6-1-2-3(7)4(8)5(9)10-2;4*1-2(3)4/h2-9H,1H2;4*1H3,(H,3,4)/t2-,3-,4-,5?;;;;/m1..../s1. The Morgan fingerprint density at radius 2 is 0.923 bits per heavy atom. The van der Waals surface area contributed by atoms with Crippen LogP contribution in [0, 0.1) is 0 Å². The maximum atomic E-state index is 9.00. The van der Waals surface area contributed by atoms with E-state index in [4.69, 9.17) is 60.0 Å².